The largest absolute Gasteiger partial charge is 0.407 e. The van der Waals surface area contributed by atoms with Gasteiger partial charge in [-0.2, -0.15) is 26.3 Å². The maximum absolute atomic E-state index is 13.9. The Kier molecular flexibility index (Phi) is 7.66. The molecular weight excluding hydrogens is 528 g/mol. The molecule has 0 radical (unpaired) electrons. The van der Waals surface area contributed by atoms with Gasteiger partial charge >= 0.3 is 12.4 Å². The van der Waals surface area contributed by atoms with E-state index in [-0.39, 0.29) is 17.1 Å². The number of halogens is 6. The first-order chi connectivity index (χ1) is 17.0. The SMILES string of the molecule is CC(=O)NCCC(c1ccc(NC(=O)C2NCc3cc(S(C)(=O)=O)ccc32)cc1)(C(F)(F)F)C(F)(F)F. The van der Waals surface area contributed by atoms with Crippen LogP contribution in [0.15, 0.2) is 47.4 Å². The molecule has 7 nitrogen and oxygen atoms in total. The molecule has 2 amide bonds. The highest BCUT2D eigenvalue weighted by Crippen LogP contribution is 2.54. The van der Waals surface area contributed by atoms with Crippen LogP contribution < -0.4 is 16.0 Å². The molecule has 1 unspecified atom stereocenters. The van der Waals surface area contributed by atoms with Crippen molar-refractivity contribution in [1.29, 1.82) is 0 Å². The standard InChI is InChI=1S/C23H23F6N3O4S/c1-13(33)30-10-9-21(22(24,25)26,23(27,28)29)15-3-5-16(6-4-15)32-20(34)19-18-8-7-17(37(2,35)36)11-14(18)12-31-19/h3-8,11,19,31H,9-10,12H2,1-2H3,(H,30,33)(H,32,34). The van der Waals surface area contributed by atoms with E-state index in [2.05, 4.69) is 10.6 Å². The van der Waals surface area contributed by atoms with Crippen molar-refractivity contribution in [2.24, 2.45) is 0 Å². The lowest BCUT2D eigenvalue weighted by Gasteiger charge is -2.38. The van der Waals surface area contributed by atoms with Crippen LogP contribution in [0.2, 0.25) is 0 Å². The molecule has 0 aromatic heterocycles. The number of fused-ring (bicyclic) bond motifs is 1. The van der Waals surface area contributed by atoms with Crippen molar-refractivity contribution >= 4 is 27.3 Å². The van der Waals surface area contributed by atoms with Crippen LogP contribution in [0.1, 0.15) is 36.1 Å². The van der Waals surface area contributed by atoms with E-state index in [9.17, 15) is 44.3 Å². The molecule has 0 spiro atoms. The summed E-state index contributed by atoms with van der Waals surface area (Å²) in [6, 6.07) is 6.46. The van der Waals surface area contributed by atoms with Crippen molar-refractivity contribution in [2.45, 2.75) is 48.6 Å². The summed E-state index contributed by atoms with van der Waals surface area (Å²) in [5.41, 5.74) is -4.32. The molecule has 1 aliphatic heterocycles. The Hall–Kier alpha value is -3.13. The molecule has 1 atom stereocenters. The first-order valence-electron chi connectivity index (χ1n) is 10.8. The number of nitrogens with one attached hydrogen (secondary N) is 3. The number of carbonyl (C=O) groups is 2. The van der Waals surface area contributed by atoms with Crippen LogP contribution in [0.5, 0.6) is 0 Å². The fourth-order valence-electron chi connectivity index (χ4n) is 4.20. The van der Waals surface area contributed by atoms with Crippen molar-refractivity contribution in [2.75, 3.05) is 18.1 Å². The van der Waals surface area contributed by atoms with Gasteiger partial charge in [0.1, 0.15) is 6.04 Å². The second-order valence-electron chi connectivity index (χ2n) is 8.65. The van der Waals surface area contributed by atoms with Crippen LogP contribution in [0.3, 0.4) is 0 Å². The Morgan fingerprint density at radius 3 is 2.11 bits per heavy atom. The summed E-state index contributed by atoms with van der Waals surface area (Å²) in [6.45, 7) is 0.299. The number of amides is 2. The summed E-state index contributed by atoms with van der Waals surface area (Å²) in [7, 11) is -3.47. The van der Waals surface area contributed by atoms with Gasteiger partial charge in [0.25, 0.3) is 0 Å². The first kappa shape index (κ1) is 28.4. The zero-order chi connectivity index (χ0) is 27.8. The monoisotopic (exact) mass is 551 g/mol. The number of sulfone groups is 1. The lowest BCUT2D eigenvalue weighted by atomic mass is 9.75. The highest BCUT2D eigenvalue weighted by Gasteiger charge is 2.70. The average molecular weight is 552 g/mol. The number of benzene rings is 2. The summed E-state index contributed by atoms with van der Waals surface area (Å²) in [5, 5.41) is 7.30. The van der Waals surface area contributed by atoms with Crippen molar-refractivity contribution < 1.29 is 44.3 Å². The van der Waals surface area contributed by atoms with Gasteiger partial charge in [0.15, 0.2) is 15.3 Å². The number of hydrogen-bond acceptors (Lipinski definition) is 5. The second-order valence-corrected chi connectivity index (χ2v) is 10.7. The Morgan fingerprint density at radius 2 is 1.59 bits per heavy atom. The highest BCUT2D eigenvalue weighted by molar-refractivity contribution is 7.90. The Bertz CT molecular complexity index is 1280. The number of carbonyl (C=O) groups excluding carboxylic acids is 2. The molecule has 0 aliphatic carbocycles. The minimum Gasteiger partial charge on any atom is -0.356 e. The third kappa shape index (κ3) is 5.74. The van der Waals surface area contributed by atoms with Crippen LogP contribution in [0, 0.1) is 0 Å². The van der Waals surface area contributed by atoms with Crippen LogP contribution in [-0.2, 0) is 31.4 Å². The quantitative estimate of drug-likeness (QED) is 0.455. The molecule has 202 valence electrons. The lowest BCUT2D eigenvalue weighted by Crippen LogP contribution is -2.55. The van der Waals surface area contributed by atoms with E-state index in [1.165, 1.54) is 18.2 Å². The van der Waals surface area contributed by atoms with E-state index in [1.54, 1.807) is 0 Å². The molecule has 1 heterocycles. The van der Waals surface area contributed by atoms with E-state index in [4.69, 9.17) is 0 Å². The molecule has 0 saturated heterocycles. The van der Waals surface area contributed by atoms with Gasteiger partial charge in [-0.05, 0) is 47.4 Å². The van der Waals surface area contributed by atoms with Crippen molar-refractivity contribution in [3.8, 4) is 0 Å². The van der Waals surface area contributed by atoms with Crippen molar-refractivity contribution in [3.63, 3.8) is 0 Å². The zero-order valence-electron chi connectivity index (χ0n) is 19.5. The van der Waals surface area contributed by atoms with Gasteiger partial charge in [0, 0.05) is 32.0 Å². The molecular formula is C23H23F6N3O4S. The minimum absolute atomic E-state index is 0.0446. The van der Waals surface area contributed by atoms with Crippen LogP contribution in [0.25, 0.3) is 0 Å². The van der Waals surface area contributed by atoms with Gasteiger partial charge in [-0.25, -0.2) is 8.42 Å². The maximum atomic E-state index is 13.9. The van der Waals surface area contributed by atoms with Crippen molar-refractivity contribution in [3.05, 3.63) is 59.2 Å². The third-order valence-electron chi connectivity index (χ3n) is 6.10. The normalized spacial score (nSPS) is 16.3. The summed E-state index contributed by atoms with van der Waals surface area (Å²) in [4.78, 5) is 23.9. The maximum Gasteiger partial charge on any atom is 0.407 e. The molecule has 0 fully saturated rings. The highest BCUT2D eigenvalue weighted by atomic mass is 32.2. The molecule has 3 N–H and O–H groups in total. The summed E-state index contributed by atoms with van der Waals surface area (Å²) in [6.07, 6.45) is -11.9. The van der Waals surface area contributed by atoms with Gasteiger partial charge in [0.2, 0.25) is 11.8 Å². The molecule has 37 heavy (non-hydrogen) atoms. The smallest absolute Gasteiger partial charge is 0.356 e. The van der Waals surface area contributed by atoms with Gasteiger partial charge in [-0.1, -0.05) is 18.2 Å². The van der Waals surface area contributed by atoms with E-state index in [0.717, 1.165) is 25.3 Å². The van der Waals surface area contributed by atoms with Gasteiger partial charge in [-0.3, -0.25) is 14.9 Å². The lowest BCUT2D eigenvalue weighted by molar-refractivity contribution is -0.305. The van der Waals surface area contributed by atoms with E-state index in [1.807, 2.05) is 5.32 Å². The van der Waals surface area contributed by atoms with Crippen LogP contribution >= 0.6 is 0 Å². The molecule has 2 aromatic rings. The Balaban J connectivity index is 1.85. The minimum atomic E-state index is -5.73. The first-order valence-corrected chi connectivity index (χ1v) is 12.7. The summed E-state index contributed by atoms with van der Waals surface area (Å²) in [5.74, 6) is -1.41. The number of anilines is 1. The topological polar surface area (TPSA) is 104 Å². The van der Waals surface area contributed by atoms with E-state index in [0.29, 0.717) is 23.3 Å². The van der Waals surface area contributed by atoms with Crippen LogP contribution in [0.4, 0.5) is 32.0 Å². The molecule has 14 heteroatoms. The number of hydrogen-bond donors (Lipinski definition) is 3. The third-order valence-corrected chi connectivity index (χ3v) is 7.21. The fourth-order valence-corrected chi connectivity index (χ4v) is 4.87. The Morgan fingerprint density at radius 1 is 1.00 bits per heavy atom. The van der Waals surface area contributed by atoms with Gasteiger partial charge in [0.05, 0.1) is 4.90 Å². The fraction of sp³-hybridized carbons (Fsp3) is 0.391. The summed E-state index contributed by atoms with van der Waals surface area (Å²) < 4.78 is 107. The van der Waals surface area contributed by atoms with Gasteiger partial charge in [-0.15, -0.1) is 0 Å². The second kappa shape index (κ2) is 9.97. The van der Waals surface area contributed by atoms with Gasteiger partial charge < -0.3 is 10.6 Å². The molecule has 2 aromatic carbocycles. The Labute approximate surface area is 208 Å². The predicted molar refractivity (Wildman–Crippen MR) is 121 cm³/mol. The predicted octanol–water partition coefficient (Wildman–Crippen LogP) is 3.76. The average Bonchev–Trinajstić information content (AvgIpc) is 3.18. The molecule has 0 bridgehead atoms. The van der Waals surface area contributed by atoms with E-state index < -0.39 is 64.0 Å². The van der Waals surface area contributed by atoms with Crippen LogP contribution in [-0.4, -0.2) is 45.4 Å². The van der Waals surface area contributed by atoms with Crippen molar-refractivity contribution in [1.82, 2.24) is 10.6 Å². The zero-order valence-corrected chi connectivity index (χ0v) is 20.4. The molecule has 3 rings (SSSR count). The van der Waals surface area contributed by atoms with E-state index >= 15 is 0 Å². The summed E-state index contributed by atoms with van der Waals surface area (Å²) >= 11 is 0. The molecule has 0 saturated carbocycles. The number of rotatable bonds is 7. The number of alkyl halides is 6. The molecule has 1 aliphatic rings.